The van der Waals surface area contributed by atoms with Crippen LogP contribution in [0.15, 0.2) is 37.0 Å². The normalized spacial score (nSPS) is 42.0. The number of allylic oxidation sites excluding steroid dienone is 1. The van der Waals surface area contributed by atoms with Crippen LogP contribution >= 0.6 is 0 Å². The Bertz CT molecular complexity index is 960. The molecule has 0 aromatic heterocycles. The molecule has 4 fully saturated rings. The predicted octanol–water partition coefficient (Wildman–Crippen LogP) is 9.33. The van der Waals surface area contributed by atoms with Crippen LogP contribution in [-0.2, 0) is 14.3 Å². The second-order valence-corrected chi connectivity index (χ2v) is 15.3. The minimum absolute atomic E-state index is 0.101. The Labute approximate surface area is 240 Å². The molecule has 0 radical (unpaired) electrons. The van der Waals surface area contributed by atoms with Crippen LogP contribution in [0.1, 0.15) is 113 Å². The summed E-state index contributed by atoms with van der Waals surface area (Å²) in [7, 11) is 0. The SMILES string of the molecule is C=CC(=O)[C@@H]1CC[C@H]2[C@@H]3CC[C@H]([C@H](C)CCCC(C)C)[C@@]3(C)CC[C@@H]2[C@@]1(C)[C@H]1OC(C)(C)O[C@H]1C(=C)C(=C)C. The maximum Gasteiger partial charge on any atom is 0.164 e. The summed E-state index contributed by atoms with van der Waals surface area (Å²) in [5, 5.41) is 0. The van der Waals surface area contributed by atoms with Crippen LogP contribution in [0.3, 0.4) is 0 Å². The summed E-state index contributed by atoms with van der Waals surface area (Å²) in [4.78, 5) is 13.5. The minimum atomic E-state index is -0.724. The number of ketones is 1. The first-order chi connectivity index (χ1) is 18.2. The summed E-state index contributed by atoms with van der Waals surface area (Å²) in [5.74, 6) is 3.52. The molecule has 3 saturated carbocycles. The van der Waals surface area contributed by atoms with Gasteiger partial charge in [0.05, 0.1) is 6.10 Å². The molecule has 0 aromatic carbocycles. The lowest BCUT2D eigenvalue weighted by molar-refractivity contribution is -0.191. The van der Waals surface area contributed by atoms with Crippen molar-refractivity contribution in [1.82, 2.24) is 0 Å². The molecule has 0 N–H and O–H groups in total. The molecule has 0 spiro atoms. The number of rotatable bonds is 10. The summed E-state index contributed by atoms with van der Waals surface area (Å²) in [6.45, 7) is 30.7. The van der Waals surface area contributed by atoms with Gasteiger partial charge in [0.25, 0.3) is 0 Å². The molecular formula is C36H58O3. The first kappa shape index (κ1) is 30.8. The molecule has 220 valence electrons. The van der Waals surface area contributed by atoms with Gasteiger partial charge in [0.1, 0.15) is 6.10 Å². The Morgan fingerprint density at radius 2 is 1.64 bits per heavy atom. The van der Waals surface area contributed by atoms with E-state index in [1.807, 2.05) is 20.8 Å². The van der Waals surface area contributed by atoms with Crippen molar-refractivity contribution in [2.45, 2.75) is 131 Å². The topological polar surface area (TPSA) is 35.5 Å². The van der Waals surface area contributed by atoms with Gasteiger partial charge in [-0.15, -0.1) is 0 Å². The fourth-order valence-electron chi connectivity index (χ4n) is 10.1. The quantitative estimate of drug-likeness (QED) is 0.205. The lowest BCUT2D eigenvalue weighted by Gasteiger charge is -2.60. The van der Waals surface area contributed by atoms with Crippen molar-refractivity contribution in [2.24, 2.45) is 52.3 Å². The third-order valence-corrected chi connectivity index (χ3v) is 12.1. The highest BCUT2D eigenvalue weighted by Gasteiger charge is 2.65. The standard InChI is InChI=1S/C36H58O3/c1-12-31(37)30-17-16-26-28-19-18-27(24(6)15-13-14-22(2)3)35(28,10)21-20-29(26)36(30,11)33-32(25(7)23(4)5)38-34(8,9)39-33/h12,22,24,26-30,32-33H,1,4,7,13-21H2,2-3,5-6,8-11H3/t24-,26+,27-,28+,29+,30+,32+,33+,35-,36-/m1/s1. The molecule has 1 aliphatic heterocycles. The van der Waals surface area contributed by atoms with Crippen molar-refractivity contribution < 1.29 is 14.3 Å². The molecule has 0 aromatic rings. The van der Waals surface area contributed by atoms with E-state index in [0.29, 0.717) is 17.3 Å². The van der Waals surface area contributed by atoms with E-state index in [1.54, 1.807) is 6.08 Å². The zero-order chi connectivity index (χ0) is 28.9. The van der Waals surface area contributed by atoms with Crippen molar-refractivity contribution in [2.75, 3.05) is 0 Å². The molecule has 1 saturated heterocycles. The number of hydrogen-bond donors (Lipinski definition) is 0. The van der Waals surface area contributed by atoms with E-state index in [9.17, 15) is 4.79 Å². The van der Waals surface area contributed by atoms with Gasteiger partial charge in [0.15, 0.2) is 11.6 Å². The largest absolute Gasteiger partial charge is 0.344 e. The zero-order valence-electron chi connectivity index (χ0n) is 26.5. The van der Waals surface area contributed by atoms with Crippen LogP contribution in [0.25, 0.3) is 0 Å². The molecule has 3 aliphatic carbocycles. The Kier molecular flexibility index (Phi) is 8.86. The monoisotopic (exact) mass is 538 g/mol. The van der Waals surface area contributed by atoms with Crippen LogP contribution in [0, 0.1) is 52.3 Å². The molecule has 4 rings (SSSR count). The van der Waals surface area contributed by atoms with E-state index in [0.717, 1.165) is 54.1 Å². The third kappa shape index (κ3) is 5.41. The van der Waals surface area contributed by atoms with Gasteiger partial charge in [0.2, 0.25) is 0 Å². The predicted molar refractivity (Wildman–Crippen MR) is 162 cm³/mol. The van der Waals surface area contributed by atoms with Gasteiger partial charge in [0, 0.05) is 11.3 Å². The molecule has 1 heterocycles. The van der Waals surface area contributed by atoms with Gasteiger partial charge in [-0.3, -0.25) is 4.79 Å². The van der Waals surface area contributed by atoms with E-state index in [-0.39, 0.29) is 29.3 Å². The van der Waals surface area contributed by atoms with Crippen LogP contribution in [-0.4, -0.2) is 23.8 Å². The van der Waals surface area contributed by atoms with E-state index in [2.05, 4.69) is 54.4 Å². The number of carbonyl (C=O) groups excluding carboxylic acids is 1. The van der Waals surface area contributed by atoms with Crippen LogP contribution in [0.4, 0.5) is 0 Å². The Hall–Kier alpha value is -1.19. The van der Waals surface area contributed by atoms with Gasteiger partial charge in [-0.05, 0) is 112 Å². The second-order valence-electron chi connectivity index (χ2n) is 15.3. The fraction of sp³-hybridized carbons (Fsp3) is 0.806. The second kappa shape index (κ2) is 11.2. The molecule has 0 bridgehead atoms. The maximum atomic E-state index is 13.5. The summed E-state index contributed by atoms with van der Waals surface area (Å²) in [6.07, 6.45) is 12.3. The van der Waals surface area contributed by atoms with Crippen LogP contribution < -0.4 is 0 Å². The smallest absolute Gasteiger partial charge is 0.164 e. The van der Waals surface area contributed by atoms with Crippen molar-refractivity contribution >= 4 is 5.78 Å². The van der Waals surface area contributed by atoms with Crippen molar-refractivity contribution in [1.29, 1.82) is 0 Å². The van der Waals surface area contributed by atoms with Crippen LogP contribution in [0.2, 0.25) is 0 Å². The summed E-state index contributed by atoms with van der Waals surface area (Å²) in [6, 6.07) is 0. The summed E-state index contributed by atoms with van der Waals surface area (Å²) in [5.41, 5.74) is 1.89. The van der Waals surface area contributed by atoms with Crippen molar-refractivity contribution in [3.05, 3.63) is 37.0 Å². The number of carbonyl (C=O) groups is 1. The lowest BCUT2D eigenvalue weighted by atomic mass is 9.44. The maximum absolute atomic E-state index is 13.5. The van der Waals surface area contributed by atoms with Crippen molar-refractivity contribution in [3.8, 4) is 0 Å². The Balaban J connectivity index is 1.66. The van der Waals surface area contributed by atoms with E-state index >= 15 is 0 Å². The van der Waals surface area contributed by atoms with Gasteiger partial charge in [-0.2, -0.15) is 0 Å². The molecule has 39 heavy (non-hydrogen) atoms. The van der Waals surface area contributed by atoms with E-state index in [1.165, 1.54) is 38.5 Å². The summed E-state index contributed by atoms with van der Waals surface area (Å²) >= 11 is 0. The molecular weight excluding hydrogens is 480 g/mol. The number of hydrogen-bond acceptors (Lipinski definition) is 3. The lowest BCUT2D eigenvalue weighted by Crippen LogP contribution is -2.60. The van der Waals surface area contributed by atoms with E-state index < -0.39 is 5.79 Å². The minimum Gasteiger partial charge on any atom is -0.344 e. The summed E-state index contributed by atoms with van der Waals surface area (Å²) < 4.78 is 13.3. The molecule has 3 nitrogen and oxygen atoms in total. The first-order valence-corrected chi connectivity index (χ1v) is 16.0. The highest BCUT2D eigenvalue weighted by Crippen LogP contribution is 2.68. The average molecular weight is 539 g/mol. The zero-order valence-corrected chi connectivity index (χ0v) is 26.5. The molecule has 10 atom stereocenters. The highest BCUT2D eigenvalue weighted by atomic mass is 16.8. The van der Waals surface area contributed by atoms with Gasteiger partial charge in [-0.1, -0.05) is 79.2 Å². The number of ether oxygens (including phenoxy) is 2. The van der Waals surface area contributed by atoms with Gasteiger partial charge < -0.3 is 9.47 Å². The van der Waals surface area contributed by atoms with Crippen molar-refractivity contribution in [3.63, 3.8) is 0 Å². The third-order valence-electron chi connectivity index (χ3n) is 12.1. The molecule has 4 aliphatic rings. The average Bonchev–Trinajstić information content (AvgIpc) is 3.39. The van der Waals surface area contributed by atoms with Gasteiger partial charge in [-0.25, -0.2) is 0 Å². The Morgan fingerprint density at radius 3 is 2.26 bits per heavy atom. The highest BCUT2D eigenvalue weighted by molar-refractivity contribution is 5.92. The van der Waals surface area contributed by atoms with Crippen LogP contribution in [0.5, 0.6) is 0 Å². The molecule has 0 amide bonds. The number of fused-ring (bicyclic) bond motifs is 3. The van der Waals surface area contributed by atoms with E-state index in [4.69, 9.17) is 9.47 Å². The van der Waals surface area contributed by atoms with Gasteiger partial charge >= 0.3 is 0 Å². The Morgan fingerprint density at radius 1 is 0.949 bits per heavy atom. The fourth-order valence-corrected chi connectivity index (χ4v) is 10.1. The molecule has 3 heteroatoms. The first-order valence-electron chi connectivity index (χ1n) is 16.0. The molecule has 0 unspecified atom stereocenters.